The lowest BCUT2D eigenvalue weighted by atomic mass is 10.0. The van der Waals surface area contributed by atoms with Crippen LogP contribution in [0.15, 0.2) is 35.4 Å². The molecule has 4 heterocycles. The summed E-state index contributed by atoms with van der Waals surface area (Å²) in [7, 11) is 1.40. The molecule has 0 spiro atoms. The fraction of sp³-hybridized carbons (Fsp3) is 0.360. The minimum Gasteiger partial charge on any atom is -0.497 e. The number of fused-ring (bicyclic) bond motifs is 2. The van der Waals surface area contributed by atoms with E-state index in [4.69, 9.17) is 4.74 Å². The number of benzene rings is 1. The molecule has 5 rings (SSSR count). The smallest absolute Gasteiger partial charge is 0.270 e. The van der Waals surface area contributed by atoms with E-state index in [-0.39, 0.29) is 47.1 Å². The molecule has 1 aromatic carbocycles. The minimum absolute atomic E-state index is 0.0518. The molecule has 0 saturated carbocycles. The van der Waals surface area contributed by atoms with Crippen molar-refractivity contribution in [3.8, 4) is 5.75 Å². The minimum atomic E-state index is -1.35. The highest BCUT2D eigenvalue weighted by Gasteiger charge is 2.31. The highest BCUT2D eigenvalue weighted by molar-refractivity contribution is 8.00. The van der Waals surface area contributed by atoms with Crippen LogP contribution >= 0.6 is 11.8 Å². The number of nitrogens with zero attached hydrogens (tertiary/aromatic N) is 3. The van der Waals surface area contributed by atoms with Gasteiger partial charge in [0.05, 0.1) is 30.0 Å². The van der Waals surface area contributed by atoms with E-state index in [1.165, 1.54) is 24.9 Å². The number of aromatic nitrogens is 2. The van der Waals surface area contributed by atoms with E-state index in [0.717, 1.165) is 11.1 Å². The lowest BCUT2D eigenvalue weighted by molar-refractivity contribution is -0.113. The Morgan fingerprint density at radius 1 is 1.30 bits per heavy atom. The van der Waals surface area contributed by atoms with Crippen molar-refractivity contribution in [3.05, 3.63) is 53.4 Å². The highest BCUT2D eigenvalue weighted by atomic mass is 32.2. The summed E-state index contributed by atoms with van der Waals surface area (Å²) in [6.45, 7) is 0.884. The molecule has 1 fully saturated rings. The molecular formula is C25H24F3N5O3S. The molecule has 0 radical (unpaired) electrons. The van der Waals surface area contributed by atoms with Gasteiger partial charge in [-0.2, -0.15) is 0 Å². The van der Waals surface area contributed by atoms with E-state index in [0.29, 0.717) is 30.7 Å². The molecule has 194 valence electrons. The lowest BCUT2D eigenvalue weighted by Crippen LogP contribution is -2.52. The average molecular weight is 532 g/mol. The number of piperidine rings is 1. The summed E-state index contributed by atoms with van der Waals surface area (Å²) in [4.78, 5) is 35.0. The fourth-order valence-electron chi connectivity index (χ4n) is 4.57. The molecule has 0 unspecified atom stereocenters. The number of likely N-dealkylation sites (tertiary alicyclic amines) is 1. The van der Waals surface area contributed by atoms with Gasteiger partial charge in [-0.15, -0.1) is 11.8 Å². The van der Waals surface area contributed by atoms with Crippen LogP contribution in [0.3, 0.4) is 0 Å². The van der Waals surface area contributed by atoms with Gasteiger partial charge >= 0.3 is 0 Å². The normalized spacial score (nSPS) is 19.8. The number of hydrogen-bond donors (Lipinski definition) is 2. The first kappa shape index (κ1) is 25.3. The maximum absolute atomic E-state index is 15.0. The van der Waals surface area contributed by atoms with Crippen LogP contribution in [-0.2, 0) is 11.2 Å². The van der Waals surface area contributed by atoms with Crippen LogP contribution in [0.2, 0.25) is 0 Å². The van der Waals surface area contributed by atoms with E-state index in [9.17, 15) is 18.4 Å². The quantitative estimate of drug-likeness (QED) is 0.504. The Labute approximate surface area is 215 Å². The molecule has 2 N–H and O–H groups in total. The summed E-state index contributed by atoms with van der Waals surface area (Å²) in [6, 6.07) is 5.29. The predicted molar refractivity (Wildman–Crippen MR) is 133 cm³/mol. The van der Waals surface area contributed by atoms with Crippen LogP contribution in [0.5, 0.6) is 5.75 Å². The summed E-state index contributed by atoms with van der Waals surface area (Å²) in [6.07, 6.45) is 0.226. The topological polar surface area (TPSA) is 96.4 Å². The summed E-state index contributed by atoms with van der Waals surface area (Å²) in [5, 5.41) is 5.66. The van der Waals surface area contributed by atoms with Crippen molar-refractivity contribution in [3.63, 3.8) is 0 Å². The molecule has 2 aromatic heterocycles. The van der Waals surface area contributed by atoms with Gasteiger partial charge in [-0.05, 0) is 31.0 Å². The number of carbonyl (C=O) groups is 2. The summed E-state index contributed by atoms with van der Waals surface area (Å²) in [5.74, 6) is -1.01. The van der Waals surface area contributed by atoms with Gasteiger partial charge in [-0.1, -0.05) is 0 Å². The number of halogens is 3. The van der Waals surface area contributed by atoms with Gasteiger partial charge in [0.2, 0.25) is 5.91 Å². The zero-order chi connectivity index (χ0) is 26.1. The van der Waals surface area contributed by atoms with Gasteiger partial charge in [0.15, 0.2) is 5.82 Å². The van der Waals surface area contributed by atoms with E-state index >= 15 is 4.39 Å². The van der Waals surface area contributed by atoms with Gasteiger partial charge in [0, 0.05) is 36.7 Å². The van der Waals surface area contributed by atoms with E-state index < -0.39 is 29.8 Å². The number of carbonyl (C=O) groups excluding carboxylic acids is 2. The van der Waals surface area contributed by atoms with Crippen molar-refractivity contribution in [2.45, 2.75) is 30.0 Å². The van der Waals surface area contributed by atoms with Crippen LogP contribution in [0.25, 0.3) is 10.9 Å². The third-order valence-corrected chi connectivity index (χ3v) is 7.57. The third kappa shape index (κ3) is 5.35. The monoisotopic (exact) mass is 531 g/mol. The fourth-order valence-corrected chi connectivity index (χ4v) is 5.33. The second kappa shape index (κ2) is 10.5. The molecule has 37 heavy (non-hydrogen) atoms. The molecule has 8 nitrogen and oxygen atoms in total. The number of rotatable bonds is 6. The van der Waals surface area contributed by atoms with Crippen molar-refractivity contribution in [2.24, 2.45) is 0 Å². The Morgan fingerprint density at radius 3 is 2.92 bits per heavy atom. The van der Waals surface area contributed by atoms with E-state index in [1.54, 1.807) is 18.2 Å². The Balaban J connectivity index is 1.21. The number of methoxy groups -OCH3 is 1. The number of ether oxygens (including phenoxy) is 1. The molecule has 2 aliphatic rings. The number of amides is 2. The number of hydrogen-bond acceptors (Lipinski definition) is 7. The number of alkyl halides is 1. The molecule has 2 atom stereocenters. The van der Waals surface area contributed by atoms with Crippen molar-refractivity contribution in [1.29, 1.82) is 0 Å². The van der Waals surface area contributed by atoms with Gasteiger partial charge < -0.3 is 15.4 Å². The standard InChI is InChI=1S/C25H24F3N5O3S/c1-36-13-8-15-14(17(27)10-29-23(15)16(26)9-13)4-6-33-7-5-19(18(28)11-33)31-25(35)20-2-3-21-24(30-20)32-22(34)12-37-21/h2-3,8-10,18-19H,4-7,11-12H2,1H3,(H,31,35)(H,30,32,34)/t18-,19+/m1/s1. The number of nitrogens with one attached hydrogen (secondary N) is 2. The first-order chi connectivity index (χ1) is 17.8. The molecule has 3 aromatic rings. The summed E-state index contributed by atoms with van der Waals surface area (Å²) < 4.78 is 49.1. The van der Waals surface area contributed by atoms with Crippen molar-refractivity contribution in [2.75, 3.05) is 37.8 Å². The predicted octanol–water partition coefficient (Wildman–Crippen LogP) is 3.35. The summed E-state index contributed by atoms with van der Waals surface area (Å²) >= 11 is 1.34. The second-order valence-corrected chi connectivity index (χ2v) is 9.92. The first-order valence-electron chi connectivity index (χ1n) is 11.7. The van der Waals surface area contributed by atoms with Crippen LogP contribution in [0.1, 0.15) is 22.5 Å². The van der Waals surface area contributed by atoms with E-state index in [2.05, 4.69) is 20.6 Å². The number of thioether (sulfide) groups is 1. The van der Waals surface area contributed by atoms with E-state index in [1.807, 2.05) is 4.90 Å². The van der Waals surface area contributed by atoms with Crippen LogP contribution in [0, 0.1) is 11.6 Å². The number of anilines is 1. The molecule has 0 bridgehead atoms. The largest absolute Gasteiger partial charge is 0.497 e. The Kier molecular flexibility index (Phi) is 7.20. The van der Waals surface area contributed by atoms with Crippen LogP contribution in [-0.4, -0.2) is 71.4 Å². The molecular weight excluding hydrogens is 507 g/mol. The highest BCUT2D eigenvalue weighted by Crippen LogP contribution is 2.30. The van der Waals surface area contributed by atoms with Gasteiger partial charge in [-0.3, -0.25) is 19.5 Å². The first-order valence-corrected chi connectivity index (χ1v) is 12.7. The van der Waals surface area contributed by atoms with Gasteiger partial charge in [-0.25, -0.2) is 18.2 Å². The van der Waals surface area contributed by atoms with Crippen LogP contribution in [0.4, 0.5) is 19.0 Å². The van der Waals surface area contributed by atoms with Gasteiger partial charge in [0.1, 0.15) is 34.8 Å². The Morgan fingerprint density at radius 2 is 2.14 bits per heavy atom. The average Bonchev–Trinajstić information content (AvgIpc) is 2.88. The molecule has 1 saturated heterocycles. The van der Waals surface area contributed by atoms with Crippen molar-refractivity contribution in [1.82, 2.24) is 20.2 Å². The molecule has 2 aliphatic heterocycles. The molecule has 0 aliphatic carbocycles. The maximum atomic E-state index is 15.0. The maximum Gasteiger partial charge on any atom is 0.270 e. The Hall–Kier alpha value is -3.38. The Bertz CT molecular complexity index is 1380. The SMILES string of the molecule is COc1cc(F)c2ncc(F)c(CCN3CC[C@H](NC(=O)c4ccc5c(n4)NC(=O)CS5)[C@H](F)C3)c2c1. The zero-order valence-electron chi connectivity index (χ0n) is 19.9. The lowest BCUT2D eigenvalue weighted by Gasteiger charge is -2.35. The van der Waals surface area contributed by atoms with Crippen molar-refractivity contribution >= 4 is 40.3 Å². The van der Waals surface area contributed by atoms with Crippen molar-refractivity contribution < 1.29 is 27.5 Å². The summed E-state index contributed by atoms with van der Waals surface area (Å²) in [5.41, 5.74) is 0.437. The third-order valence-electron chi connectivity index (χ3n) is 6.52. The number of pyridine rings is 2. The zero-order valence-corrected chi connectivity index (χ0v) is 20.7. The van der Waals surface area contributed by atoms with Gasteiger partial charge in [0.25, 0.3) is 5.91 Å². The molecule has 2 amide bonds. The van der Waals surface area contributed by atoms with Crippen LogP contribution < -0.4 is 15.4 Å². The second-order valence-electron chi connectivity index (χ2n) is 8.91. The molecule has 12 heteroatoms.